The molecule has 2 heterocycles. The van der Waals surface area contributed by atoms with Crippen LogP contribution in [-0.2, 0) is 6.54 Å². The normalized spacial score (nSPS) is 16.5. The van der Waals surface area contributed by atoms with E-state index in [2.05, 4.69) is 94.9 Å². The SMILES string of the molecule is CN1Cc2cc(-c3cc4ccccc4nn3)ccc2C(c2ccc3ccccc3c2)C1. The number of hydrogen-bond donors (Lipinski definition) is 0. The Kier molecular flexibility index (Phi) is 4.29. The van der Waals surface area contributed by atoms with Crippen molar-refractivity contribution in [2.24, 2.45) is 0 Å². The fourth-order valence-electron chi connectivity index (χ4n) is 4.84. The fourth-order valence-corrected chi connectivity index (χ4v) is 4.84. The highest BCUT2D eigenvalue weighted by molar-refractivity contribution is 5.84. The van der Waals surface area contributed by atoms with E-state index >= 15 is 0 Å². The van der Waals surface area contributed by atoms with Crippen molar-refractivity contribution in [3.63, 3.8) is 0 Å². The first-order valence-electron chi connectivity index (χ1n) is 10.8. The van der Waals surface area contributed by atoms with Gasteiger partial charge in [-0.2, -0.15) is 0 Å². The Morgan fingerprint density at radius 1 is 0.742 bits per heavy atom. The van der Waals surface area contributed by atoms with Gasteiger partial charge in [0.25, 0.3) is 0 Å². The van der Waals surface area contributed by atoms with Crippen molar-refractivity contribution in [2.45, 2.75) is 12.5 Å². The minimum Gasteiger partial charge on any atom is -0.301 e. The lowest BCUT2D eigenvalue weighted by Crippen LogP contribution is -2.31. The lowest BCUT2D eigenvalue weighted by Gasteiger charge is -2.33. The molecule has 0 bridgehead atoms. The number of fused-ring (bicyclic) bond motifs is 3. The molecule has 1 aliphatic rings. The van der Waals surface area contributed by atoms with Gasteiger partial charge in [-0.1, -0.05) is 72.8 Å². The van der Waals surface area contributed by atoms with Crippen LogP contribution >= 0.6 is 0 Å². The average Bonchev–Trinajstić information content (AvgIpc) is 2.82. The number of aromatic nitrogens is 2. The summed E-state index contributed by atoms with van der Waals surface area (Å²) in [6.45, 7) is 1.98. The summed E-state index contributed by atoms with van der Waals surface area (Å²) in [4.78, 5) is 2.41. The molecule has 1 unspecified atom stereocenters. The van der Waals surface area contributed by atoms with Gasteiger partial charge in [0.05, 0.1) is 11.2 Å². The van der Waals surface area contributed by atoms with E-state index in [1.165, 1.54) is 27.5 Å². The zero-order valence-electron chi connectivity index (χ0n) is 17.5. The van der Waals surface area contributed by atoms with Crippen molar-refractivity contribution >= 4 is 21.7 Å². The molecule has 3 nitrogen and oxygen atoms in total. The lowest BCUT2D eigenvalue weighted by molar-refractivity contribution is 0.295. The maximum absolute atomic E-state index is 4.49. The Balaban J connectivity index is 1.42. The number of nitrogens with zero attached hydrogens (tertiary/aromatic N) is 3. The Bertz CT molecular complexity index is 1420. The second-order valence-corrected chi connectivity index (χ2v) is 8.56. The van der Waals surface area contributed by atoms with Crippen LogP contribution in [0, 0.1) is 0 Å². The molecule has 31 heavy (non-hydrogen) atoms. The highest BCUT2D eigenvalue weighted by Gasteiger charge is 2.25. The molecule has 4 aromatic carbocycles. The van der Waals surface area contributed by atoms with Crippen molar-refractivity contribution in [2.75, 3.05) is 13.6 Å². The molecule has 1 atom stereocenters. The fraction of sp³-hybridized carbons (Fsp3) is 0.143. The molecular weight excluding hydrogens is 378 g/mol. The molecule has 0 saturated carbocycles. The van der Waals surface area contributed by atoms with Gasteiger partial charge in [0, 0.05) is 30.0 Å². The number of rotatable bonds is 2. The maximum Gasteiger partial charge on any atom is 0.0936 e. The summed E-state index contributed by atoms with van der Waals surface area (Å²) in [5.74, 6) is 0.370. The van der Waals surface area contributed by atoms with Gasteiger partial charge >= 0.3 is 0 Å². The van der Waals surface area contributed by atoms with Crippen molar-refractivity contribution in [1.29, 1.82) is 0 Å². The van der Waals surface area contributed by atoms with Crippen molar-refractivity contribution in [3.05, 3.63) is 108 Å². The Morgan fingerprint density at radius 3 is 2.45 bits per heavy atom. The minimum absolute atomic E-state index is 0.370. The molecule has 6 rings (SSSR count). The third-order valence-electron chi connectivity index (χ3n) is 6.42. The molecule has 0 amide bonds. The second-order valence-electron chi connectivity index (χ2n) is 8.56. The van der Waals surface area contributed by atoms with Gasteiger partial charge in [-0.15, -0.1) is 10.2 Å². The molecule has 0 aliphatic carbocycles. The van der Waals surface area contributed by atoms with Crippen LogP contribution in [0.5, 0.6) is 0 Å². The van der Waals surface area contributed by atoms with E-state index < -0.39 is 0 Å². The minimum atomic E-state index is 0.370. The van der Waals surface area contributed by atoms with Crippen LogP contribution in [0.1, 0.15) is 22.6 Å². The first-order chi connectivity index (χ1) is 15.2. The molecule has 3 heteroatoms. The van der Waals surface area contributed by atoms with Crippen molar-refractivity contribution < 1.29 is 0 Å². The largest absolute Gasteiger partial charge is 0.301 e. The van der Waals surface area contributed by atoms with E-state index in [0.717, 1.165) is 35.2 Å². The van der Waals surface area contributed by atoms with Crippen molar-refractivity contribution in [3.8, 4) is 11.3 Å². The molecule has 5 aromatic rings. The third kappa shape index (κ3) is 3.28. The summed E-state index contributed by atoms with van der Waals surface area (Å²) in [7, 11) is 2.21. The predicted molar refractivity (Wildman–Crippen MR) is 127 cm³/mol. The molecule has 0 radical (unpaired) electrons. The number of hydrogen-bond acceptors (Lipinski definition) is 3. The van der Waals surface area contributed by atoms with Gasteiger partial charge in [0.1, 0.15) is 0 Å². The topological polar surface area (TPSA) is 29.0 Å². The first-order valence-corrected chi connectivity index (χ1v) is 10.8. The second kappa shape index (κ2) is 7.29. The van der Waals surface area contributed by atoms with E-state index in [9.17, 15) is 0 Å². The quantitative estimate of drug-likeness (QED) is 0.362. The van der Waals surface area contributed by atoms with Crippen LogP contribution in [0.15, 0.2) is 91.0 Å². The molecule has 1 aromatic heterocycles. The highest BCUT2D eigenvalue weighted by Crippen LogP contribution is 2.36. The molecule has 0 saturated heterocycles. The van der Waals surface area contributed by atoms with E-state index in [0.29, 0.717) is 5.92 Å². The highest BCUT2D eigenvalue weighted by atomic mass is 15.1. The smallest absolute Gasteiger partial charge is 0.0936 e. The Hall–Kier alpha value is -3.56. The number of benzene rings is 4. The Labute approximate surface area is 182 Å². The van der Waals surface area contributed by atoms with E-state index in [4.69, 9.17) is 0 Å². The summed E-state index contributed by atoms with van der Waals surface area (Å²) in [5, 5.41) is 12.6. The molecule has 0 fully saturated rings. The summed E-state index contributed by atoms with van der Waals surface area (Å²) < 4.78 is 0. The van der Waals surface area contributed by atoms with Gasteiger partial charge in [-0.25, -0.2) is 0 Å². The monoisotopic (exact) mass is 401 g/mol. The molecule has 1 aliphatic heterocycles. The molecule has 0 spiro atoms. The van der Waals surface area contributed by atoms with E-state index in [1.807, 2.05) is 18.2 Å². The standard InChI is InChI=1S/C28H23N3/c1-31-17-24-15-23(28-16-22-8-4-5-9-27(22)29-30-28)12-13-25(24)26(18-31)21-11-10-19-6-2-3-7-20(19)14-21/h2-16,26H,17-18H2,1H3. The third-order valence-corrected chi connectivity index (χ3v) is 6.42. The first kappa shape index (κ1) is 18.2. The van der Waals surface area contributed by atoms with Gasteiger partial charge in [-0.3, -0.25) is 0 Å². The van der Waals surface area contributed by atoms with Crippen LogP contribution in [-0.4, -0.2) is 28.7 Å². The van der Waals surface area contributed by atoms with Crippen LogP contribution in [0.25, 0.3) is 32.9 Å². The van der Waals surface area contributed by atoms with E-state index in [1.54, 1.807) is 0 Å². The number of likely N-dealkylation sites (N-methyl/N-ethyl adjacent to an activating group) is 1. The predicted octanol–water partition coefficient (Wildman–Crippen LogP) is 6.03. The summed E-state index contributed by atoms with van der Waals surface area (Å²) in [6.07, 6.45) is 0. The summed E-state index contributed by atoms with van der Waals surface area (Å²) in [5.41, 5.74) is 7.16. The van der Waals surface area contributed by atoms with Gasteiger partial charge < -0.3 is 4.90 Å². The zero-order chi connectivity index (χ0) is 20.8. The van der Waals surface area contributed by atoms with E-state index in [-0.39, 0.29) is 0 Å². The molecule has 0 N–H and O–H groups in total. The zero-order valence-corrected chi connectivity index (χ0v) is 17.5. The Morgan fingerprint density at radius 2 is 1.55 bits per heavy atom. The average molecular weight is 402 g/mol. The van der Waals surface area contributed by atoms with Crippen LogP contribution < -0.4 is 0 Å². The van der Waals surface area contributed by atoms with Gasteiger partial charge in [0.15, 0.2) is 0 Å². The van der Waals surface area contributed by atoms with Gasteiger partial charge in [0.2, 0.25) is 0 Å². The molecule has 150 valence electrons. The van der Waals surface area contributed by atoms with Crippen LogP contribution in [0.4, 0.5) is 0 Å². The summed E-state index contributed by atoms with van der Waals surface area (Å²) >= 11 is 0. The van der Waals surface area contributed by atoms with Crippen LogP contribution in [0.3, 0.4) is 0 Å². The summed E-state index contributed by atoms with van der Waals surface area (Å²) in [6, 6.07) is 32.6. The van der Waals surface area contributed by atoms with Crippen LogP contribution in [0.2, 0.25) is 0 Å². The van der Waals surface area contributed by atoms with Gasteiger partial charge in [-0.05, 0) is 52.7 Å². The lowest BCUT2D eigenvalue weighted by atomic mass is 9.83. The maximum atomic E-state index is 4.49. The van der Waals surface area contributed by atoms with Crippen molar-refractivity contribution in [1.82, 2.24) is 15.1 Å². The molecular formula is C28H23N3.